The van der Waals surface area contributed by atoms with Crippen LogP contribution in [0.3, 0.4) is 0 Å². The van der Waals surface area contributed by atoms with E-state index in [4.69, 9.17) is 16.3 Å². The number of benzene rings is 1. The molecule has 0 saturated heterocycles. The Morgan fingerprint density at radius 3 is 2.48 bits per heavy atom. The standard InChI is InChI=1S/C16H26ClNO3/c1-12(2)8-16(3,20)11-18-9-14(19)10-21-15-6-4-13(17)5-7-15/h4-7,12,14,18-20H,8-11H2,1-3H3. The molecule has 0 amide bonds. The normalized spacial score (nSPS) is 15.8. The Hall–Kier alpha value is -0.810. The van der Waals surface area contributed by atoms with Crippen molar-refractivity contribution in [1.82, 2.24) is 5.32 Å². The highest BCUT2D eigenvalue weighted by Gasteiger charge is 2.21. The van der Waals surface area contributed by atoms with E-state index in [0.29, 0.717) is 29.8 Å². The van der Waals surface area contributed by atoms with E-state index in [1.54, 1.807) is 31.2 Å². The van der Waals surface area contributed by atoms with Gasteiger partial charge in [-0.2, -0.15) is 0 Å². The van der Waals surface area contributed by atoms with Gasteiger partial charge in [-0.15, -0.1) is 0 Å². The third kappa shape index (κ3) is 8.27. The first-order chi connectivity index (χ1) is 9.78. The fourth-order valence-electron chi connectivity index (χ4n) is 2.24. The van der Waals surface area contributed by atoms with Crippen LogP contribution in [0.5, 0.6) is 5.75 Å². The molecule has 120 valence electrons. The number of hydrogen-bond donors (Lipinski definition) is 3. The Morgan fingerprint density at radius 1 is 1.29 bits per heavy atom. The largest absolute Gasteiger partial charge is 0.491 e. The number of nitrogens with one attached hydrogen (secondary N) is 1. The maximum Gasteiger partial charge on any atom is 0.119 e. The first kappa shape index (κ1) is 18.2. The van der Waals surface area contributed by atoms with E-state index in [1.165, 1.54) is 0 Å². The molecule has 0 aromatic heterocycles. The van der Waals surface area contributed by atoms with Crippen LogP contribution in [0.1, 0.15) is 27.2 Å². The molecule has 0 heterocycles. The number of rotatable bonds is 9. The SMILES string of the molecule is CC(C)CC(C)(O)CNCC(O)COc1ccc(Cl)cc1. The van der Waals surface area contributed by atoms with Crippen LogP contribution in [0.25, 0.3) is 0 Å². The van der Waals surface area contributed by atoms with E-state index in [9.17, 15) is 10.2 Å². The van der Waals surface area contributed by atoms with E-state index in [1.807, 2.05) is 0 Å². The van der Waals surface area contributed by atoms with Crippen molar-refractivity contribution in [2.45, 2.75) is 38.9 Å². The van der Waals surface area contributed by atoms with Crippen LogP contribution < -0.4 is 10.1 Å². The molecule has 0 aliphatic carbocycles. The molecule has 21 heavy (non-hydrogen) atoms. The van der Waals surface area contributed by atoms with E-state index < -0.39 is 11.7 Å². The highest BCUT2D eigenvalue weighted by atomic mass is 35.5. The zero-order valence-electron chi connectivity index (χ0n) is 13.0. The molecule has 0 spiro atoms. The van der Waals surface area contributed by atoms with Gasteiger partial charge in [0.15, 0.2) is 0 Å². The molecule has 0 radical (unpaired) electrons. The van der Waals surface area contributed by atoms with E-state index in [2.05, 4.69) is 19.2 Å². The molecule has 1 rings (SSSR count). The van der Waals surface area contributed by atoms with Gasteiger partial charge in [0.25, 0.3) is 0 Å². The Morgan fingerprint density at radius 2 is 1.90 bits per heavy atom. The number of aliphatic hydroxyl groups is 2. The van der Waals surface area contributed by atoms with Crippen LogP contribution in [0.4, 0.5) is 0 Å². The second-order valence-electron chi connectivity index (χ2n) is 6.14. The lowest BCUT2D eigenvalue weighted by atomic mass is 9.94. The maximum atomic E-state index is 10.1. The number of ether oxygens (including phenoxy) is 1. The second kappa shape index (κ2) is 8.59. The Labute approximate surface area is 132 Å². The van der Waals surface area contributed by atoms with Gasteiger partial charge in [-0.25, -0.2) is 0 Å². The van der Waals surface area contributed by atoms with Crippen LogP contribution in [-0.2, 0) is 0 Å². The quantitative estimate of drug-likeness (QED) is 0.655. The van der Waals surface area contributed by atoms with Crippen molar-refractivity contribution in [3.05, 3.63) is 29.3 Å². The predicted octanol–water partition coefficient (Wildman–Crippen LogP) is 2.47. The summed E-state index contributed by atoms with van der Waals surface area (Å²) in [6, 6.07) is 7.00. The van der Waals surface area contributed by atoms with Gasteiger partial charge in [0, 0.05) is 18.1 Å². The first-order valence-corrected chi connectivity index (χ1v) is 7.66. The average molecular weight is 316 g/mol. The maximum absolute atomic E-state index is 10.1. The summed E-state index contributed by atoms with van der Waals surface area (Å²) in [4.78, 5) is 0. The van der Waals surface area contributed by atoms with Crippen molar-refractivity contribution in [2.24, 2.45) is 5.92 Å². The van der Waals surface area contributed by atoms with Crippen LogP contribution in [0.2, 0.25) is 5.02 Å². The molecule has 0 aliphatic heterocycles. The molecular weight excluding hydrogens is 290 g/mol. The fraction of sp³-hybridized carbons (Fsp3) is 0.625. The molecule has 1 aromatic carbocycles. The van der Waals surface area contributed by atoms with Gasteiger partial charge in [0.2, 0.25) is 0 Å². The lowest BCUT2D eigenvalue weighted by molar-refractivity contribution is 0.0327. The predicted molar refractivity (Wildman–Crippen MR) is 85.9 cm³/mol. The summed E-state index contributed by atoms with van der Waals surface area (Å²) in [6.45, 7) is 6.97. The van der Waals surface area contributed by atoms with Crippen molar-refractivity contribution in [3.63, 3.8) is 0 Å². The summed E-state index contributed by atoms with van der Waals surface area (Å²) < 4.78 is 5.46. The molecule has 2 atom stereocenters. The Kier molecular flexibility index (Phi) is 7.46. The summed E-state index contributed by atoms with van der Waals surface area (Å²) >= 11 is 5.78. The topological polar surface area (TPSA) is 61.7 Å². The highest BCUT2D eigenvalue weighted by molar-refractivity contribution is 6.30. The van der Waals surface area contributed by atoms with Gasteiger partial charge in [0.05, 0.1) is 5.60 Å². The molecular formula is C16H26ClNO3. The van der Waals surface area contributed by atoms with Gasteiger partial charge in [0.1, 0.15) is 18.5 Å². The van der Waals surface area contributed by atoms with E-state index in [0.717, 1.165) is 6.42 Å². The Bertz CT molecular complexity index is 406. The third-order valence-electron chi connectivity index (χ3n) is 2.99. The minimum absolute atomic E-state index is 0.195. The van der Waals surface area contributed by atoms with Crippen LogP contribution in [0, 0.1) is 5.92 Å². The summed E-state index contributed by atoms with van der Waals surface area (Å²) in [7, 11) is 0. The van der Waals surface area contributed by atoms with Crippen molar-refractivity contribution in [3.8, 4) is 5.75 Å². The van der Waals surface area contributed by atoms with Gasteiger partial charge in [-0.1, -0.05) is 25.4 Å². The van der Waals surface area contributed by atoms with Crippen LogP contribution >= 0.6 is 11.6 Å². The van der Waals surface area contributed by atoms with Crippen LogP contribution in [-0.4, -0.2) is 41.6 Å². The summed E-state index contributed by atoms with van der Waals surface area (Å²) in [5, 5.41) is 23.7. The average Bonchev–Trinajstić information content (AvgIpc) is 2.36. The lowest BCUT2D eigenvalue weighted by Gasteiger charge is -2.26. The summed E-state index contributed by atoms with van der Waals surface area (Å²) in [5.74, 6) is 1.10. The van der Waals surface area contributed by atoms with E-state index in [-0.39, 0.29) is 6.61 Å². The molecule has 0 bridgehead atoms. The van der Waals surface area contributed by atoms with Crippen LogP contribution in [0.15, 0.2) is 24.3 Å². The molecule has 5 heteroatoms. The monoisotopic (exact) mass is 315 g/mol. The molecule has 1 aromatic rings. The fourth-order valence-corrected chi connectivity index (χ4v) is 2.37. The zero-order valence-corrected chi connectivity index (χ0v) is 13.7. The van der Waals surface area contributed by atoms with Gasteiger partial charge >= 0.3 is 0 Å². The molecule has 0 fully saturated rings. The van der Waals surface area contributed by atoms with Crippen molar-refractivity contribution >= 4 is 11.6 Å². The van der Waals surface area contributed by atoms with Crippen molar-refractivity contribution in [2.75, 3.05) is 19.7 Å². The number of hydrogen-bond acceptors (Lipinski definition) is 4. The number of aliphatic hydroxyl groups excluding tert-OH is 1. The smallest absolute Gasteiger partial charge is 0.119 e. The summed E-state index contributed by atoms with van der Waals surface area (Å²) in [6.07, 6.45) is 0.0905. The molecule has 0 aliphatic rings. The highest BCUT2D eigenvalue weighted by Crippen LogP contribution is 2.16. The molecule has 0 saturated carbocycles. The lowest BCUT2D eigenvalue weighted by Crippen LogP contribution is -2.42. The minimum atomic E-state index is -0.759. The second-order valence-corrected chi connectivity index (χ2v) is 6.58. The zero-order chi connectivity index (χ0) is 15.9. The summed E-state index contributed by atoms with van der Waals surface area (Å²) in [5.41, 5.74) is -0.759. The molecule has 3 N–H and O–H groups in total. The Balaban J connectivity index is 2.22. The van der Waals surface area contributed by atoms with Gasteiger partial charge in [-0.3, -0.25) is 0 Å². The van der Waals surface area contributed by atoms with Gasteiger partial charge < -0.3 is 20.3 Å². The molecule has 2 unspecified atom stereocenters. The van der Waals surface area contributed by atoms with E-state index >= 15 is 0 Å². The number of halogens is 1. The minimum Gasteiger partial charge on any atom is -0.491 e. The van der Waals surface area contributed by atoms with Gasteiger partial charge in [-0.05, 0) is 43.5 Å². The first-order valence-electron chi connectivity index (χ1n) is 7.28. The third-order valence-corrected chi connectivity index (χ3v) is 3.24. The van der Waals surface area contributed by atoms with Crippen molar-refractivity contribution in [1.29, 1.82) is 0 Å². The molecule has 4 nitrogen and oxygen atoms in total. The van der Waals surface area contributed by atoms with Crippen molar-refractivity contribution < 1.29 is 14.9 Å².